The molecule has 1 N–H and O–H groups in total. The first-order valence-corrected chi connectivity index (χ1v) is 3.48. The summed E-state index contributed by atoms with van der Waals surface area (Å²) in [5, 5.41) is 3.11. The largest absolute Gasteiger partial charge is 0.501 e. The maximum Gasteiger partial charge on any atom is 0.0959 e. The Kier molecular flexibility index (Phi) is 2.37. The van der Waals surface area contributed by atoms with Gasteiger partial charge in [-0.05, 0) is 18.6 Å². The zero-order chi connectivity index (χ0) is 7.40. The van der Waals surface area contributed by atoms with Gasteiger partial charge in [-0.3, -0.25) is 0 Å². The minimum absolute atomic E-state index is 1.02. The number of hydrogen-bond donors (Lipinski definition) is 1. The van der Waals surface area contributed by atoms with Crippen LogP contribution in [0.3, 0.4) is 0 Å². The van der Waals surface area contributed by atoms with Crippen LogP contribution in [0.2, 0.25) is 0 Å². The molecule has 0 aromatic rings. The SMILES string of the molecule is CNC1=CC=C(OC)CC1. The van der Waals surface area contributed by atoms with Crippen LogP contribution < -0.4 is 5.32 Å². The van der Waals surface area contributed by atoms with Crippen LogP contribution in [-0.4, -0.2) is 14.2 Å². The predicted octanol–water partition coefficient (Wildman–Crippen LogP) is 1.41. The summed E-state index contributed by atoms with van der Waals surface area (Å²) in [6.45, 7) is 0. The molecule has 0 fully saturated rings. The smallest absolute Gasteiger partial charge is 0.0959 e. The first-order valence-electron chi connectivity index (χ1n) is 3.48. The average molecular weight is 139 g/mol. The highest BCUT2D eigenvalue weighted by atomic mass is 16.5. The molecule has 10 heavy (non-hydrogen) atoms. The van der Waals surface area contributed by atoms with Crippen LogP contribution in [0.4, 0.5) is 0 Å². The van der Waals surface area contributed by atoms with Gasteiger partial charge in [-0.15, -0.1) is 0 Å². The molecule has 0 radical (unpaired) electrons. The molecule has 56 valence electrons. The second kappa shape index (κ2) is 3.30. The fraction of sp³-hybridized carbons (Fsp3) is 0.500. The Bertz CT molecular complexity index is 150. The number of nitrogens with one attached hydrogen (secondary N) is 1. The zero-order valence-corrected chi connectivity index (χ0v) is 6.48. The van der Waals surface area contributed by atoms with Gasteiger partial charge in [0.25, 0.3) is 0 Å². The predicted molar refractivity (Wildman–Crippen MR) is 41.5 cm³/mol. The van der Waals surface area contributed by atoms with Gasteiger partial charge in [-0.25, -0.2) is 0 Å². The highest BCUT2D eigenvalue weighted by Crippen LogP contribution is 2.15. The Balaban J connectivity index is 2.55. The Hall–Kier alpha value is -0.920. The van der Waals surface area contributed by atoms with Crippen molar-refractivity contribution in [3.8, 4) is 0 Å². The van der Waals surface area contributed by atoms with E-state index in [2.05, 4.69) is 11.4 Å². The van der Waals surface area contributed by atoms with E-state index in [4.69, 9.17) is 4.74 Å². The highest BCUT2D eigenvalue weighted by Gasteiger charge is 2.03. The normalized spacial score (nSPS) is 17.4. The Morgan fingerprint density at radius 1 is 1.40 bits per heavy atom. The number of rotatable bonds is 2. The van der Waals surface area contributed by atoms with Crippen molar-refractivity contribution in [2.75, 3.05) is 14.2 Å². The molecule has 0 heterocycles. The molecule has 1 aliphatic carbocycles. The second-order valence-corrected chi connectivity index (χ2v) is 2.28. The van der Waals surface area contributed by atoms with Gasteiger partial charge in [-0.1, -0.05) is 0 Å². The van der Waals surface area contributed by atoms with Crippen molar-refractivity contribution < 1.29 is 4.74 Å². The number of methoxy groups -OCH3 is 1. The van der Waals surface area contributed by atoms with Crippen LogP contribution in [0.5, 0.6) is 0 Å². The molecule has 0 saturated heterocycles. The minimum atomic E-state index is 1.02. The molecule has 0 aromatic heterocycles. The fourth-order valence-electron chi connectivity index (χ4n) is 0.997. The monoisotopic (exact) mass is 139 g/mol. The van der Waals surface area contributed by atoms with Crippen molar-refractivity contribution in [2.24, 2.45) is 0 Å². The van der Waals surface area contributed by atoms with Crippen LogP contribution >= 0.6 is 0 Å². The zero-order valence-electron chi connectivity index (χ0n) is 6.48. The lowest BCUT2D eigenvalue weighted by Crippen LogP contribution is -2.08. The van der Waals surface area contributed by atoms with E-state index >= 15 is 0 Å². The summed E-state index contributed by atoms with van der Waals surface area (Å²) in [4.78, 5) is 0. The molecule has 0 bridgehead atoms. The number of ether oxygens (including phenoxy) is 1. The van der Waals surface area contributed by atoms with Gasteiger partial charge in [-0.2, -0.15) is 0 Å². The summed E-state index contributed by atoms with van der Waals surface area (Å²) in [6, 6.07) is 0. The van der Waals surface area contributed by atoms with Gasteiger partial charge in [0, 0.05) is 19.2 Å². The van der Waals surface area contributed by atoms with Crippen LogP contribution in [0.1, 0.15) is 12.8 Å². The molecule has 1 rings (SSSR count). The Morgan fingerprint density at radius 2 is 2.20 bits per heavy atom. The number of allylic oxidation sites excluding steroid dienone is 4. The van der Waals surface area contributed by atoms with E-state index in [1.807, 2.05) is 13.1 Å². The van der Waals surface area contributed by atoms with Gasteiger partial charge in [0.2, 0.25) is 0 Å². The standard InChI is InChI=1S/C8H13NO/c1-9-7-3-5-8(10-2)6-4-7/h3,5,9H,4,6H2,1-2H3. The third-order valence-electron chi connectivity index (χ3n) is 1.69. The lowest BCUT2D eigenvalue weighted by molar-refractivity contribution is 0.275. The third-order valence-corrected chi connectivity index (χ3v) is 1.69. The molecular formula is C8H13NO. The molecule has 0 amide bonds. The van der Waals surface area contributed by atoms with E-state index in [0.29, 0.717) is 0 Å². The molecule has 2 heteroatoms. The van der Waals surface area contributed by atoms with E-state index in [0.717, 1.165) is 18.6 Å². The van der Waals surface area contributed by atoms with Crippen LogP contribution in [0.25, 0.3) is 0 Å². The second-order valence-electron chi connectivity index (χ2n) is 2.28. The van der Waals surface area contributed by atoms with Crippen molar-refractivity contribution in [1.82, 2.24) is 5.32 Å². The Morgan fingerprint density at radius 3 is 2.60 bits per heavy atom. The lowest BCUT2D eigenvalue weighted by atomic mass is 10.1. The molecule has 2 nitrogen and oxygen atoms in total. The molecular weight excluding hydrogens is 126 g/mol. The first kappa shape index (κ1) is 7.19. The lowest BCUT2D eigenvalue weighted by Gasteiger charge is -2.12. The fourth-order valence-corrected chi connectivity index (χ4v) is 0.997. The summed E-state index contributed by atoms with van der Waals surface area (Å²) in [5.74, 6) is 1.07. The molecule has 1 aliphatic rings. The van der Waals surface area contributed by atoms with Crippen molar-refractivity contribution in [2.45, 2.75) is 12.8 Å². The summed E-state index contributed by atoms with van der Waals surface area (Å²) in [7, 11) is 3.65. The molecule has 0 unspecified atom stereocenters. The minimum Gasteiger partial charge on any atom is -0.501 e. The summed E-state index contributed by atoms with van der Waals surface area (Å²) < 4.78 is 5.07. The first-order chi connectivity index (χ1) is 4.86. The van der Waals surface area contributed by atoms with Crippen molar-refractivity contribution in [3.63, 3.8) is 0 Å². The van der Waals surface area contributed by atoms with E-state index in [1.54, 1.807) is 7.11 Å². The van der Waals surface area contributed by atoms with Crippen LogP contribution in [0.15, 0.2) is 23.6 Å². The maximum atomic E-state index is 5.07. The van der Waals surface area contributed by atoms with Crippen molar-refractivity contribution in [1.29, 1.82) is 0 Å². The van der Waals surface area contributed by atoms with Crippen LogP contribution in [-0.2, 0) is 4.74 Å². The average Bonchev–Trinajstić information content (AvgIpc) is 2.05. The summed E-state index contributed by atoms with van der Waals surface area (Å²) in [6.07, 6.45) is 6.15. The quantitative estimate of drug-likeness (QED) is 0.624. The van der Waals surface area contributed by atoms with Gasteiger partial charge in [0.1, 0.15) is 0 Å². The van der Waals surface area contributed by atoms with Gasteiger partial charge in [0.15, 0.2) is 0 Å². The molecule has 0 atom stereocenters. The molecule has 0 aliphatic heterocycles. The summed E-state index contributed by atoms with van der Waals surface area (Å²) >= 11 is 0. The van der Waals surface area contributed by atoms with E-state index in [9.17, 15) is 0 Å². The number of hydrogen-bond acceptors (Lipinski definition) is 2. The van der Waals surface area contributed by atoms with Gasteiger partial charge < -0.3 is 10.1 Å². The van der Waals surface area contributed by atoms with E-state index < -0.39 is 0 Å². The van der Waals surface area contributed by atoms with Gasteiger partial charge >= 0.3 is 0 Å². The highest BCUT2D eigenvalue weighted by molar-refractivity contribution is 5.19. The van der Waals surface area contributed by atoms with E-state index in [-0.39, 0.29) is 0 Å². The van der Waals surface area contributed by atoms with Crippen LogP contribution in [0, 0.1) is 0 Å². The molecule has 0 aromatic carbocycles. The third kappa shape index (κ3) is 1.53. The molecule has 0 spiro atoms. The Labute approximate surface area is 61.6 Å². The topological polar surface area (TPSA) is 21.3 Å². The van der Waals surface area contributed by atoms with Crippen molar-refractivity contribution in [3.05, 3.63) is 23.6 Å². The maximum absolute atomic E-state index is 5.07. The molecule has 0 saturated carbocycles. The van der Waals surface area contributed by atoms with Crippen molar-refractivity contribution >= 4 is 0 Å². The van der Waals surface area contributed by atoms with Gasteiger partial charge in [0.05, 0.1) is 12.9 Å². The van der Waals surface area contributed by atoms with E-state index in [1.165, 1.54) is 5.70 Å². The summed E-state index contributed by atoms with van der Waals surface area (Å²) in [5.41, 5.74) is 1.28.